The van der Waals surface area contributed by atoms with Crippen molar-refractivity contribution >= 4 is 34.4 Å². The van der Waals surface area contributed by atoms with Crippen LogP contribution in [0.15, 0.2) is 30.5 Å². The van der Waals surface area contributed by atoms with Crippen LogP contribution in [-0.2, 0) is 14.3 Å². The van der Waals surface area contributed by atoms with E-state index in [1.165, 1.54) is 4.90 Å². The predicted octanol–water partition coefficient (Wildman–Crippen LogP) is 1.97. The normalized spacial score (nSPS) is 20.5. The summed E-state index contributed by atoms with van der Waals surface area (Å²) >= 11 is 6.13. The number of rotatable bonds is 4. The molecule has 0 bridgehead atoms. The Morgan fingerprint density at radius 3 is 2.96 bits per heavy atom. The summed E-state index contributed by atoms with van der Waals surface area (Å²) in [5.41, 5.74) is 0.571. The Balaban J connectivity index is 1.70. The first-order valence-corrected chi connectivity index (χ1v) is 8.15. The maximum Gasteiger partial charge on any atom is 0.334 e. The molecular weight excluding hydrogens is 348 g/mol. The standard InChI is InChI=1S/C17H17ClN2O5/c1-10-7-20(8-14(25-10)17(22)23)15(21)9-24-13-5-4-12(18)11-3-2-6-19-16(11)13/h2-6,10,14H,7-9H2,1H3,(H,22,23)/t10-,14?/m1/s1. The molecule has 7 nitrogen and oxygen atoms in total. The molecule has 0 aliphatic carbocycles. The SMILES string of the molecule is C[C@@H]1CN(C(=O)COc2ccc(Cl)c3cccnc23)CC(C(=O)O)O1. The van der Waals surface area contributed by atoms with Gasteiger partial charge in [-0.2, -0.15) is 0 Å². The molecule has 1 fully saturated rings. The highest BCUT2D eigenvalue weighted by molar-refractivity contribution is 6.35. The molecule has 1 aliphatic rings. The van der Waals surface area contributed by atoms with Crippen LogP contribution in [0.1, 0.15) is 6.92 Å². The number of hydrogen-bond donors (Lipinski definition) is 1. The van der Waals surface area contributed by atoms with Gasteiger partial charge in [0.15, 0.2) is 12.7 Å². The lowest BCUT2D eigenvalue weighted by Crippen LogP contribution is -2.52. The number of fused-ring (bicyclic) bond motifs is 1. The number of aliphatic carboxylic acids is 1. The van der Waals surface area contributed by atoms with Crippen molar-refractivity contribution in [3.63, 3.8) is 0 Å². The van der Waals surface area contributed by atoms with Crippen molar-refractivity contribution < 1.29 is 24.2 Å². The van der Waals surface area contributed by atoms with Crippen LogP contribution in [0.3, 0.4) is 0 Å². The number of hydrogen-bond acceptors (Lipinski definition) is 5. The average molecular weight is 365 g/mol. The monoisotopic (exact) mass is 364 g/mol. The summed E-state index contributed by atoms with van der Waals surface area (Å²) in [5.74, 6) is -0.942. The van der Waals surface area contributed by atoms with Gasteiger partial charge in [0.2, 0.25) is 0 Å². The van der Waals surface area contributed by atoms with E-state index in [1.54, 1.807) is 31.3 Å². The largest absolute Gasteiger partial charge is 0.481 e. The Bertz CT molecular complexity index is 813. The van der Waals surface area contributed by atoms with Gasteiger partial charge in [0.05, 0.1) is 17.7 Å². The first-order valence-electron chi connectivity index (χ1n) is 7.78. The van der Waals surface area contributed by atoms with Crippen molar-refractivity contribution in [1.29, 1.82) is 0 Å². The Morgan fingerprint density at radius 1 is 1.40 bits per heavy atom. The van der Waals surface area contributed by atoms with Gasteiger partial charge in [-0.05, 0) is 31.2 Å². The topological polar surface area (TPSA) is 89.0 Å². The number of nitrogens with zero attached hydrogens (tertiary/aromatic N) is 2. The third-order valence-corrected chi connectivity index (χ3v) is 4.25. The molecule has 2 atom stereocenters. The number of aromatic nitrogens is 1. The van der Waals surface area contributed by atoms with E-state index in [2.05, 4.69) is 4.98 Å². The number of carbonyl (C=O) groups excluding carboxylic acids is 1. The van der Waals surface area contributed by atoms with E-state index in [-0.39, 0.29) is 25.2 Å². The quantitative estimate of drug-likeness (QED) is 0.892. The van der Waals surface area contributed by atoms with E-state index in [9.17, 15) is 9.59 Å². The summed E-state index contributed by atoms with van der Waals surface area (Å²) in [6.07, 6.45) is 0.247. The number of pyridine rings is 1. The molecule has 0 saturated carbocycles. The molecule has 25 heavy (non-hydrogen) atoms. The molecule has 3 rings (SSSR count). The number of halogens is 1. The van der Waals surface area contributed by atoms with Crippen LogP contribution >= 0.6 is 11.6 Å². The highest BCUT2D eigenvalue weighted by Crippen LogP contribution is 2.29. The second-order valence-electron chi connectivity index (χ2n) is 5.81. The van der Waals surface area contributed by atoms with Crippen molar-refractivity contribution in [3.8, 4) is 5.75 Å². The van der Waals surface area contributed by atoms with Crippen LogP contribution in [0.4, 0.5) is 0 Å². The van der Waals surface area contributed by atoms with Gasteiger partial charge in [-0.25, -0.2) is 4.79 Å². The number of morpholine rings is 1. The van der Waals surface area contributed by atoms with E-state index in [0.29, 0.717) is 22.8 Å². The molecule has 1 N–H and O–H groups in total. The van der Waals surface area contributed by atoms with Crippen molar-refractivity contribution in [2.24, 2.45) is 0 Å². The number of amides is 1. The summed E-state index contributed by atoms with van der Waals surface area (Å²) < 4.78 is 10.9. The van der Waals surface area contributed by atoms with Gasteiger partial charge in [-0.15, -0.1) is 0 Å². The Kier molecular flexibility index (Phi) is 5.06. The molecule has 1 amide bonds. The average Bonchev–Trinajstić information content (AvgIpc) is 2.60. The van der Waals surface area contributed by atoms with Gasteiger partial charge in [0, 0.05) is 18.1 Å². The van der Waals surface area contributed by atoms with E-state index in [1.807, 2.05) is 6.07 Å². The molecule has 132 valence electrons. The molecule has 2 heterocycles. The van der Waals surface area contributed by atoms with Crippen molar-refractivity contribution in [3.05, 3.63) is 35.5 Å². The minimum absolute atomic E-state index is 0.00147. The zero-order chi connectivity index (χ0) is 18.0. The van der Waals surface area contributed by atoms with Crippen LogP contribution < -0.4 is 4.74 Å². The van der Waals surface area contributed by atoms with Crippen LogP contribution in [0.5, 0.6) is 5.75 Å². The lowest BCUT2D eigenvalue weighted by atomic mass is 10.2. The van der Waals surface area contributed by atoms with Crippen LogP contribution in [-0.4, -0.2) is 58.8 Å². The predicted molar refractivity (Wildman–Crippen MR) is 90.8 cm³/mol. The van der Waals surface area contributed by atoms with E-state index in [4.69, 9.17) is 26.2 Å². The Morgan fingerprint density at radius 2 is 2.20 bits per heavy atom. The fraction of sp³-hybridized carbons (Fsp3) is 0.353. The van der Waals surface area contributed by atoms with Crippen LogP contribution in [0.2, 0.25) is 5.02 Å². The zero-order valence-electron chi connectivity index (χ0n) is 13.5. The van der Waals surface area contributed by atoms with Crippen molar-refractivity contribution in [2.45, 2.75) is 19.1 Å². The van der Waals surface area contributed by atoms with Gasteiger partial charge >= 0.3 is 5.97 Å². The molecule has 1 unspecified atom stereocenters. The maximum atomic E-state index is 12.4. The van der Waals surface area contributed by atoms with Crippen molar-refractivity contribution in [1.82, 2.24) is 9.88 Å². The molecule has 8 heteroatoms. The Hall–Kier alpha value is -2.38. The van der Waals surface area contributed by atoms with E-state index >= 15 is 0 Å². The molecule has 1 aromatic heterocycles. The molecule has 2 aromatic rings. The highest BCUT2D eigenvalue weighted by atomic mass is 35.5. The molecule has 0 spiro atoms. The third-order valence-electron chi connectivity index (χ3n) is 3.92. The third kappa shape index (κ3) is 3.83. The van der Waals surface area contributed by atoms with Gasteiger partial charge in [-0.3, -0.25) is 9.78 Å². The highest BCUT2D eigenvalue weighted by Gasteiger charge is 2.32. The smallest absolute Gasteiger partial charge is 0.334 e. The summed E-state index contributed by atoms with van der Waals surface area (Å²) in [5, 5.41) is 10.4. The fourth-order valence-electron chi connectivity index (χ4n) is 2.75. The lowest BCUT2D eigenvalue weighted by molar-refractivity contribution is -0.167. The fourth-order valence-corrected chi connectivity index (χ4v) is 2.97. The number of ether oxygens (including phenoxy) is 2. The molecule has 1 saturated heterocycles. The molecular formula is C17H17ClN2O5. The second-order valence-corrected chi connectivity index (χ2v) is 6.21. The van der Waals surface area contributed by atoms with Gasteiger partial charge in [0.1, 0.15) is 11.3 Å². The number of carbonyl (C=O) groups is 2. The zero-order valence-corrected chi connectivity index (χ0v) is 14.3. The summed E-state index contributed by atoms with van der Waals surface area (Å²) in [4.78, 5) is 29.2. The summed E-state index contributed by atoms with van der Waals surface area (Å²) in [6.45, 7) is 1.84. The molecule has 1 aromatic carbocycles. The minimum atomic E-state index is -1.09. The first-order chi connectivity index (χ1) is 12.0. The van der Waals surface area contributed by atoms with E-state index < -0.39 is 12.1 Å². The summed E-state index contributed by atoms with van der Waals surface area (Å²) in [6, 6.07) is 6.93. The number of carboxylic acid groups (broad SMARTS) is 1. The van der Waals surface area contributed by atoms with Crippen molar-refractivity contribution in [2.75, 3.05) is 19.7 Å². The first kappa shape index (κ1) is 17.4. The van der Waals surface area contributed by atoms with E-state index in [0.717, 1.165) is 5.39 Å². The maximum absolute atomic E-state index is 12.4. The van der Waals surface area contributed by atoms with Gasteiger partial charge in [-0.1, -0.05) is 11.6 Å². The van der Waals surface area contributed by atoms with Gasteiger partial charge in [0.25, 0.3) is 5.91 Å². The number of carboxylic acids is 1. The minimum Gasteiger partial charge on any atom is -0.481 e. The Labute approximate surface area is 149 Å². The molecule has 0 radical (unpaired) electrons. The van der Waals surface area contributed by atoms with Gasteiger partial charge < -0.3 is 19.5 Å². The lowest BCUT2D eigenvalue weighted by Gasteiger charge is -2.34. The molecule has 1 aliphatic heterocycles. The van der Waals surface area contributed by atoms with Crippen LogP contribution in [0.25, 0.3) is 10.9 Å². The van der Waals surface area contributed by atoms with Crippen LogP contribution in [0, 0.1) is 0 Å². The summed E-state index contributed by atoms with van der Waals surface area (Å²) in [7, 11) is 0. The number of benzene rings is 1. The second kappa shape index (κ2) is 7.25.